The van der Waals surface area contributed by atoms with Crippen LogP contribution in [0.25, 0.3) is 11.1 Å². The first-order valence-corrected chi connectivity index (χ1v) is 7.10. The van der Waals surface area contributed by atoms with Crippen molar-refractivity contribution >= 4 is 11.8 Å². The van der Waals surface area contributed by atoms with E-state index in [1.54, 1.807) is 48.5 Å². The Labute approximate surface area is 139 Å². The van der Waals surface area contributed by atoms with E-state index in [0.717, 1.165) is 11.1 Å². The summed E-state index contributed by atoms with van der Waals surface area (Å²) in [6.07, 6.45) is 1.61. The van der Waals surface area contributed by atoms with E-state index < -0.39 is 5.91 Å². The number of nitrogen functional groups attached to an aromatic ring is 2. The van der Waals surface area contributed by atoms with E-state index in [9.17, 15) is 9.59 Å². The van der Waals surface area contributed by atoms with Gasteiger partial charge in [-0.15, -0.1) is 0 Å². The second-order valence-corrected chi connectivity index (χ2v) is 4.83. The molecule has 6 N–H and O–H groups in total. The molecule has 0 saturated heterocycles. The molecule has 2 aromatic carbocycles. The predicted molar refractivity (Wildman–Crippen MR) is 90.9 cm³/mol. The number of carbonyl (C=O) groups excluding carboxylic acids is 2. The molecule has 0 spiro atoms. The van der Waals surface area contributed by atoms with Crippen molar-refractivity contribution in [2.45, 2.75) is 0 Å². The summed E-state index contributed by atoms with van der Waals surface area (Å²) in [6, 6.07) is 11.8. The Morgan fingerprint density at radius 1 is 1.00 bits per heavy atom. The summed E-state index contributed by atoms with van der Waals surface area (Å²) in [7, 11) is 0. The number of hydrazine groups is 2. The van der Waals surface area contributed by atoms with Gasteiger partial charge in [-0.1, -0.05) is 24.8 Å². The normalized spacial score (nSPS) is 9.92. The molecule has 0 radical (unpaired) electrons. The highest BCUT2D eigenvalue weighted by molar-refractivity contribution is 5.96. The first-order chi connectivity index (χ1) is 11.6. The van der Waals surface area contributed by atoms with Gasteiger partial charge in [0, 0.05) is 16.7 Å². The third-order valence-electron chi connectivity index (χ3n) is 3.32. The van der Waals surface area contributed by atoms with Crippen LogP contribution in [0.1, 0.15) is 20.7 Å². The number of amides is 2. The molecule has 7 nitrogen and oxygen atoms in total. The Kier molecular flexibility index (Phi) is 5.67. The van der Waals surface area contributed by atoms with Gasteiger partial charge in [0.15, 0.2) is 0 Å². The zero-order chi connectivity index (χ0) is 17.5. The molecule has 24 heavy (non-hydrogen) atoms. The van der Waals surface area contributed by atoms with E-state index in [1.165, 1.54) is 0 Å². The molecule has 0 aliphatic rings. The van der Waals surface area contributed by atoms with Crippen molar-refractivity contribution in [3.63, 3.8) is 0 Å². The summed E-state index contributed by atoms with van der Waals surface area (Å²) in [4.78, 5) is 23.2. The Morgan fingerprint density at radius 3 is 2.17 bits per heavy atom. The van der Waals surface area contributed by atoms with Crippen LogP contribution in [0.5, 0.6) is 5.75 Å². The summed E-state index contributed by atoms with van der Waals surface area (Å²) < 4.78 is 5.64. The molecule has 0 fully saturated rings. The lowest BCUT2D eigenvalue weighted by Gasteiger charge is -2.12. The zero-order valence-corrected chi connectivity index (χ0v) is 12.9. The van der Waals surface area contributed by atoms with Gasteiger partial charge < -0.3 is 4.74 Å². The number of rotatable bonds is 6. The second-order valence-electron chi connectivity index (χ2n) is 4.83. The van der Waals surface area contributed by atoms with Crippen molar-refractivity contribution < 1.29 is 14.3 Å². The summed E-state index contributed by atoms with van der Waals surface area (Å²) in [6.45, 7) is 3.90. The van der Waals surface area contributed by atoms with Crippen molar-refractivity contribution in [1.82, 2.24) is 10.9 Å². The third-order valence-corrected chi connectivity index (χ3v) is 3.32. The number of nitrogens with two attached hydrogens (primary N) is 2. The van der Waals surface area contributed by atoms with E-state index in [-0.39, 0.29) is 12.5 Å². The van der Waals surface area contributed by atoms with Crippen molar-refractivity contribution in [1.29, 1.82) is 0 Å². The van der Waals surface area contributed by atoms with Gasteiger partial charge >= 0.3 is 0 Å². The molecule has 124 valence electrons. The zero-order valence-electron chi connectivity index (χ0n) is 12.9. The minimum atomic E-state index is -0.417. The summed E-state index contributed by atoms with van der Waals surface area (Å²) in [5, 5.41) is 0. The number of benzene rings is 2. The Bertz CT molecular complexity index is 757. The third kappa shape index (κ3) is 3.78. The summed E-state index contributed by atoms with van der Waals surface area (Å²) in [5.74, 6) is 9.98. The second kappa shape index (κ2) is 7.91. The maximum atomic E-state index is 11.7. The average molecular weight is 326 g/mol. The lowest BCUT2D eigenvalue weighted by Crippen LogP contribution is -2.30. The van der Waals surface area contributed by atoms with Crippen LogP contribution >= 0.6 is 0 Å². The van der Waals surface area contributed by atoms with E-state index >= 15 is 0 Å². The van der Waals surface area contributed by atoms with Crippen LogP contribution in [0.2, 0.25) is 0 Å². The molecular weight excluding hydrogens is 308 g/mol. The summed E-state index contributed by atoms with van der Waals surface area (Å²) >= 11 is 0. The van der Waals surface area contributed by atoms with Crippen LogP contribution in [-0.2, 0) is 0 Å². The van der Waals surface area contributed by atoms with Crippen LogP contribution in [0.4, 0.5) is 0 Å². The smallest absolute Gasteiger partial charge is 0.265 e. The fourth-order valence-electron chi connectivity index (χ4n) is 2.14. The molecule has 0 atom stereocenters. The molecule has 0 aromatic heterocycles. The molecule has 0 aliphatic heterocycles. The molecule has 2 rings (SSSR count). The Morgan fingerprint density at radius 2 is 1.58 bits per heavy atom. The van der Waals surface area contributed by atoms with Crippen LogP contribution in [-0.4, -0.2) is 18.4 Å². The van der Waals surface area contributed by atoms with Gasteiger partial charge in [0.25, 0.3) is 11.8 Å². The largest absolute Gasteiger partial charge is 0.489 e. The Balaban J connectivity index is 2.42. The molecule has 0 aliphatic carbocycles. The standard InChI is InChI=1S/C17H18N4O3/c1-2-9-24-15-10-13(17(23)21-19)7-8-14(15)11-3-5-12(6-4-11)16(22)20-18/h2-8,10H,1,9,18-19H2,(H,20,22)(H,21,23). The maximum absolute atomic E-state index is 11.7. The van der Waals surface area contributed by atoms with Crippen LogP contribution in [0, 0.1) is 0 Å². The molecule has 0 saturated carbocycles. The molecule has 0 bridgehead atoms. The molecular formula is C17H18N4O3. The van der Waals surface area contributed by atoms with Gasteiger partial charge in [0.05, 0.1) is 0 Å². The lowest BCUT2D eigenvalue weighted by atomic mass is 10.0. The minimum absolute atomic E-state index is 0.286. The fraction of sp³-hybridized carbons (Fsp3) is 0.0588. The van der Waals surface area contributed by atoms with Gasteiger partial charge in [-0.3, -0.25) is 20.4 Å². The first-order valence-electron chi connectivity index (χ1n) is 7.10. The number of nitrogens with one attached hydrogen (secondary N) is 2. The molecule has 2 aromatic rings. The lowest BCUT2D eigenvalue weighted by molar-refractivity contribution is 0.0945. The average Bonchev–Trinajstić information content (AvgIpc) is 2.65. The van der Waals surface area contributed by atoms with Crippen LogP contribution in [0.3, 0.4) is 0 Å². The molecule has 7 heteroatoms. The number of carbonyl (C=O) groups is 2. The van der Waals surface area contributed by atoms with Crippen molar-refractivity contribution in [2.24, 2.45) is 11.7 Å². The maximum Gasteiger partial charge on any atom is 0.265 e. The van der Waals surface area contributed by atoms with E-state index in [4.69, 9.17) is 16.4 Å². The number of ether oxygens (including phenoxy) is 1. The molecule has 2 amide bonds. The van der Waals surface area contributed by atoms with Crippen LogP contribution < -0.4 is 27.3 Å². The quantitative estimate of drug-likeness (QED) is 0.274. The monoisotopic (exact) mass is 326 g/mol. The highest BCUT2D eigenvalue weighted by Crippen LogP contribution is 2.31. The van der Waals surface area contributed by atoms with Crippen molar-refractivity contribution in [3.05, 3.63) is 66.2 Å². The summed E-state index contributed by atoms with van der Waals surface area (Å²) in [5.41, 5.74) is 6.56. The predicted octanol–water partition coefficient (Wildman–Crippen LogP) is 1.13. The minimum Gasteiger partial charge on any atom is -0.489 e. The van der Waals surface area contributed by atoms with Gasteiger partial charge in [-0.2, -0.15) is 0 Å². The van der Waals surface area contributed by atoms with Gasteiger partial charge in [-0.05, 0) is 35.9 Å². The van der Waals surface area contributed by atoms with Crippen molar-refractivity contribution in [3.8, 4) is 16.9 Å². The fourth-order valence-corrected chi connectivity index (χ4v) is 2.14. The van der Waals surface area contributed by atoms with E-state index in [1.807, 2.05) is 0 Å². The van der Waals surface area contributed by atoms with E-state index in [2.05, 4.69) is 17.4 Å². The SMILES string of the molecule is C=CCOc1cc(C(=O)NN)ccc1-c1ccc(C(=O)NN)cc1. The first kappa shape index (κ1) is 17.2. The van der Waals surface area contributed by atoms with Gasteiger partial charge in [-0.25, -0.2) is 11.7 Å². The number of hydrogen-bond donors (Lipinski definition) is 4. The van der Waals surface area contributed by atoms with E-state index in [0.29, 0.717) is 16.9 Å². The highest BCUT2D eigenvalue weighted by Gasteiger charge is 2.12. The highest BCUT2D eigenvalue weighted by atomic mass is 16.5. The van der Waals surface area contributed by atoms with Gasteiger partial charge in [0.1, 0.15) is 12.4 Å². The number of hydrogen-bond acceptors (Lipinski definition) is 5. The molecule has 0 heterocycles. The molecule has 0 unspecified atom stereocenters. The topological polar surface area (TPSA) is 119 Å². The van der Waals surface area contributed by atoms with Crippen LogP contribution in [0.15, 0.2) is 55.1 Å². The van der Waals surface area contributed by atoms with Gasteiger partial charge in [0.2, 0.25) is 0 Å². The Hall–Kier alpha value is -3.16. The van der Waals surface area contributed by atoms with Crippen molar-refractivity contribution in [2.75, 3.05) is 6.61 Å².